The Labute approximate surface area is 106 Å². The van der Waals surface area contributed by atoms with Gasteiger partial charge in [0.2, 0.25) is 11.8 Å². The standard InChI is InChI=1S/C12H17N5O/c1-4-9-11(13-5-2)14-7-15-12(9)18-10-6-8(3)16-17-10/h6-7H,4-5H2,1-3H3,(H,16,17)(H,13,14,15). The van der Waals surface area contributed by atoms with Crippen LogP contribution in [0.5, 0.6) is 11.8 Å². The zero-order chi connectivity index (χ0) is 13.0. The Morgan fingerprint density at radius 1 is 1.33 bits per heavy atom. The molecule has 2 aromatic heterocycles. The molecule has 96 valence electrons. The van der Waals surface area contributed by atoms with E-state index < -0.39 is 0 Å². The van der Waals surface area contributed by atoms with Gasteiger partial charge in [-0.25, -0.2) is 9.97 Å². The van der Waals surface area contributed by atoms with Crippen LogP contribution in [-0.2, 0) is 6.42 Å². The van der Waals surface area contributed by atoms with Gasteiger partial charge in [-0.3, -0.25) is 5.10 Å². The molecule has 18 heavy (non-hydrogen) atoms. The Balaban J connectivity index is 2.29. The largest absolute Gasteiger partial charge is 0.419 e. The van der Waals surface area contributed by atoms with E-state index in [1.807, 2.05) is 26.8 Å². The number of hydrogen-bond donors (Lipinski definition) is 2. The first kappa shape index (κ1) is 12.3. The molecular formula is C12H17N5O. The van der Waals surface area contributed by atoms with Crippen LogP contribution in [-0.4, -0.2) is 26.7 Å². The number of nitrogens with zero attached hydrogens (tertiary/aromatic N) is 3. The Kier molecular flexibility index (Phi) is 3.76. The molecule has 6 nitrogen and oxygen atoms in total. The van der Waals surface area contributed by atoms with E-state index in [4.69, 9.17) is 4.74 Å². The highest BCUT2D eigenvalue weighted by molar-refractivity contribution is 5.49. The molecule has 6 heteroatoms. The van der Waals surface area contributed by atoms with E-state index in [-0.39, 0.29) is 0 Å². The van der Waals surface area contributed by atoms with Crippen molar-refractivity contribution in [3.63, 3.8) is 0 Å². The minimum Gasteiger partial charge on any atom is -0.419 e. The van der Waals surface area contributed by atoms with Crippen molar-refractivity contribution in [2.24, 2.45) is 0 Å². The molecule has 0 spiro atoms. The van der Waals surface area contributed by atoms with E-state index in [0.29, 0.717) is 11.8 Å². The summed E-state index contributed by atoms with van der Waals surface area (Å²) in [6.07, 6.45) is 2.29. The third-order valence-electron chi connectivity index (χ3n) is 2.49. The van der Waals surface area contributed by atoms with Gasteiger partial charge >= 0.3 is 0 Å². The lowest BCUT2D eigenvalue weighted by Crippen LogP contribution is -2.05. The third kappa shape index (κ3) is 2.58. The van der Waals surface area contributed by atoms with Gasteiger partial charge in [0.15, 0.2) is 0 Å². The fourth-order valence-corrected chi connectivity index (χ4v) is 1.67. The smallest absolute Gasteiger partial charge is 0.240 e. The molecule has 0 bridgehead atoms. The average molecular weight is 247 g/mol. The summed E-state index contributed by atoms with van der Waals surface area (Å²) in [7, 11) is 0. The summed E-state index contributed by atoms with van der Waals surface area (Å²) in [5.74, 6) is 1.88. The molecule has 2 rings (SSSR count). The zero-order valence-corrected chi connectivity index (χ0v) is 10.8. The van der Waals surface area contributed by atoms with Crippen molar-refractivity contribution < 1.29 is 4.74 Å². The van der Waals surface area contributed by atoms with Crippen LogP contribution >= 0.6 is 0 Å². The minimum atomic E-state index is 0.517. The highest BCUT2D eigenvalue weighted by Gasteiger charge is 2.12. The molecule has 0 fully saturated rings. The summed E-state index contributed by atoms with van der Waals surface area (Å²) >= 11 is 0. The van der Waals surface area contributed by atoms with Gasteiger partial charge < -0.3 is 10.1 Å². The third-order valence-corrected chi connectivity index (χ3v) is 2.49. The van der Waals surface area contributed by atoms with Gasteiger partial charge in [0.05, 0.1) is 5.56 Å². The monoisotopic (exact) mass is 247 g/mol. The molecular weight excluding hydrogens is 230 g/mol. The van der Waals surface area contributed by atoms with Crippen LogP contribution in [0, 0.1) is 6.92 Å². The number of aromatic nitrogens is 4. The molecule has 0 unspecified atom stereocenters. The van der Waals surface area contributed by atoms with Gasteiger partial charge in [-0.1, -0.05) is 6.92 Å². The number of H-pyrrole nitrogens is 1. The van der Waals surface area contributed by atoms with Crippen molar-refractivity contribution in [2.45, 2.75) is 27.2 Å². The molecule has 0 aliphatic heterocycles. The van der Waals surface area contributed by atoms with Crippen molar-refractivity contribution in [1.29, 1.82) is 0 Å². The maximum absolute atomic E-state index is 5.67. The second-order valence-electron chi connectivity index (χ2n) is 3.88. The Bertz CT molecular complexity index is 523. The van der Waals surface area contributed by atoms with Crippen molar-refractivity contribution >= 4 is 5.82 Å². The van der Waals surface area contributed by atoms with Crippen LogP contribution in [0.3, 0.4) is 0 Å². The Morgan fingerprint density at radius 3 is 2.78 bits per heavy atom. The van der Waals surface area contributed by atoms with Crippen molar-refractivity contribution in [3.05, 3.63) is 23.7 Å². The van der Waals surface area contributed by atoms with Crippen molar-refractivity contribution in [3.8, 4) is 11.8 Å². The van der Waals surface area contributed by atoms with Crippen molar-refractivity contribution in [1.82, 2.24) is 20.2 Å². The molecule has 0 aliphatic carbocycles. The molecule has 0 aromatic carbocycles. The van der Waals surface area contributed by atoms with E-state index in [0.717, 1.165) is 30.0 Å². The SMILES string of the molecule is CCNc1ncnc(Oc2cc(C)[nH]n2)c1CC. The predicted octanol–water partition coefficient (Wildman–Crippen LogP) is 2.29. The normalized spacial score (nSPS) is 10.4. The molecule has 2 N–H and O–H groups in total. The fourth-order valence-electron chi connectivity index (χ4n) is 1.67. The lowest BCUT2D eigenvalue weighted by atomic mass is 10.2. The quantitative estimate of drug-likeness (QED) is 0.847. The van der Waals surface area contributed by atoms with Gasteiger partial charge in [-0.05, 0) is 20.3 Å². The Morgan fingerprint density at radius 2 is 2.17 bits per heavy atom. The summed E-state index contributed by atoms with van der Waals surface area (Å²) in [5.41, 5.74) is 1.91. The number of aryl methyl sites for hydroxylation is 1. The second-order valence-corrected chi connectivity index (χ2v) is 3.88. The lowest BCUT2D eigenvalue weighted by Gasteiger charge is -2.11. The van der Waals surface area contributed by atoms with Gasteiger partial charge in [0, 0.05) is 18.3 Å². The highest BCUT2D eigenvalue weighted by atomic mass is 16.5. The molecule has 0 amide bonds. The van der Waals surface area contributed by atoms with Gasteiger partial charge in [-0.2, -0.15) is 0 Å². The van der Waals surface area contributed by atoms with Crippen LogP contribution in [0.25, 0.3) is 0 Å². The van der Waals surface area contributed by atoms with E-state index in [2.05, 4.69) is 25.5 Å². The second kappa shape index (κ2) is 5.48. The van der Waals surface area contributed by atoms with Crippen LogP contribution in [0.1, 0.15) is 25.1 Å². The number of anilines is 1. The molecule has 2 aromatic rings. The first-order valence-corrected chi connectivity index (χ1v) is 6.02. The number of ether oxygens (including phenoxy) is 1. The first-order valence-electron chi connectivity index (χ1n) is 6.02. The van der Waals surface area contributed by atoms with Crippen molar-refractivity contribution in [2.75, 3.05) is 11.9 Å². The van der Waals surface area contributed by atoms with Gasteiger partial charge in [0.1, 0.15) is 12.1 Å². The number of aromatic amines is 1. The zero-order valence-electron chi connectivity index (χ0n) is 10.8. The average Bonchev–Trinajstić information content (AvgIpc) is 2.76. The van der Waals surface area contributed by atoms with Crippen LogP contribution in [0.2, 0.25) is 0 Å². The maximum Gasteiger partial charge on any atom is 0.240 e. The minimum absolute atomic E-state index is 0.517. The van der Waals surface area contributed by atoms with Gasteiger partial charge in [-0.15, -0.1) is 5.10 Å². The number of hydrogen-bond acceptors (Lipinski definition) is 5. The molecule has 0 radical (unpaired) electrons. The summed E-state index contributed by atoms with van der Waals surface area (Å²) in [4.78, 5) is 8.39. The summed E-state index contributed by atoms with van der Waals surface area (Å²) < 4.78 is 5.67. The molecule has 0 atom stereocenters. The topological polar surface area (TPSA) is 75.7 Å². The van der Waals surface area contributed by atoms with Crippen LogP contribution in [0.15, 0.2) is 12.4 Å². The van der Waals surface area contributed by atoms with E-state index in [1.165, 1.54) is 6.33 Å². The molecule has 0 aliphatic rings. The fraction of sp³-hybridized carbons (Fsp3) is 0.417. The summed E-state index contributed by atoms with van der Waals surface area (Å²) in [5, 5.41) is 10.1. The maximum atomic E-state index is 5.67. The molecule has 0 saturated heterocycles. The first-order chi connectivity index (χ1) is 8.74. The summed E-state index contributed by atoms with van der Waals surface area (Å²) in [6, 6.07) is 1.83. The number of nitrogens with one attached hydrogen (secondary N) is 2. The number of rotatable bonds is 5. The van der Waals surface area contributed by atoms with Crippen LogP contribution < -0.4 is 10.1 Å². The summed E-state index contributed by atoms with van der Waals surface area (Å²) in [6.45, 7) is 6.80. The van der Waals surface area contributed by atoms with Crippen LogP contribution in [0.4, 0.5) is 5.82 Å². The van der Waals surface area contributed by atoms with Gasteiger partial charge in [0.25, 0.3) is 0 Å². The Hall–Kier alpha value is -2.11. The van der Waals surface area contributed by atoms with E-state index in [9.17, 15) is 0 Å². The molecule has 0 saturated carbocycles. The highest BCUT2D eigenvalue weighted by Crippen LogP contribution is 2.26. The van der Waals surface area contributed by atoms with E-state index in [1.54, 1.807) is 0 Å². The predicted molar refractivity (Wildman–Crippen MR) is 69.0 cm³/mol. The van der Waals surface area contributed by atoms with E-state index >= 15 is 0 Å². The molecule has 2 heterocycles. The lowest BCUT2D eigenvalue weighted by molar-refractivity contribution is 0.437.